The third-order valence-corrected chi connectivity index (χ3v) is 7.75. The zero-order valence-corrected chi connectivity index (χ0v) is 18.8. The SMILES string of the molecule is O=C([C@@H]1CCCN1)N1CCC(NS(=O)(=O)c2ccc(-c3ccccc3)cc2C(F)(F)F)CC1. The van der Waals surface area contributed by atoms with Gasteiger partial charge in [0.05, 0.1) is 16.5 Å². The highest BCUT2D eigenvalue weighted by molar-refractivity contribution is 7.89. The first-order chi connectivity index (χ1) is 15.6. The monoisotopic (exact) mass is 481 g/mol. The van der Waals surface area contributed by atoms with Crippen molar-refractivity contribution < 1.29 is 26.4 Å². The van der Waals surface area contributed by atoms with Gasteiger partial charge in [-0.25, -0.2) is 13.1 Å². The minimum absolute atomic E-state index is 0.00432. The summed E-state index contributed by atoms with van der Waals surface area (Å²) < 4.78 is 69.7. The summed E-state index contributed by atoms with van der Waals surface area (Å²) in [6, 6.07) is 11.0. The highest BCUT2D eigenvalue weighted by Gasteiger charge is 2.39. The number of carbonyl (C=O) groups is 1. The van der Waals surface area contributed by atoms with E-state index in [-0.39, 0.29) is 17.5 Å². The van der Waals surface area contributed by atoms with Crippen LogP contribution in [0.15, 0.2) is 53.4 Å². The minimum atomic E-state index is -4.83. The molecule has 0 bridgehead atoms. The lowest BCUT2D eigenvalue weighted by molar-refractivity contribution is -0.140. The van der Waals surface area contributed by atoms with E-state index < -0.39 is 32.7 Å². The van der Waals surface area contributed by atoms with E-state index >= 15 is 0 Å². The van der Waals surface area contributed by atoms with Gasteiger partial charge in [-0.3, -0.25) is 4.79 Å². The highest BCUT2D eigenvalue weighted by Crippen LogP contribution is 2.37. The highest BCUT2D eigenvalue weighted by atomic mass is 32.2. The molecule has 2 aliphatic rings. The van der Waals surface area contributed by atoms with Crippen LogP contribution >= 0.6 is 0 Å². The summed E-state index contributed by atoms with van der Waals surface area (Å²) in [7, 11) is -4.41. The standard InChI is InChI=1S/C23H26F3N3O3S/c24-23(25,26)19-15-17(16-5-2-1-3-6-16)8-9-21(19)33(31,32)28-18-10-13-29(14-11-18)22(30)20-7-4-12-27-20/h1-3,5-6,8-9,15,18,20,27-28H,4,7,10-14H2/t20-/m0/s1. The summed E-state index contributed by atoms with van der Waals surface area (Å²) in [5.74, 6) is 0.00432. The van der Waals surface area contributed by atoms with Gasteiger partial charge in [-0.2, -0.15) is 13.2 Å². The van der Waals surface area contributed by atoms with Crippen LogP contribution in [0.2, 0.25) is 0 Å². The molecule has 6 nitrogen and oxygen atoms in total. The molecule has 0 aliphatic carbocycles. The van der Waals surface area contributed by atoms with Crippen molar-refractivity contribution in [3.05, 3.63) is 54.1 Å². The van der Waals surface area contributed by atoms with E-state index in [0.29, 0.717) is 31.5 Å². The van der Waals surface area contributed by atoms with E-state index in [2.05, 4.69) is 10.0 Å². The molecule has 2 aromatic rings. The van der Waals surface area contributed by atoms with Crippen molar-refractivity contribution in [2.45, 2.75) is 48.8 Å². The van der Waals surface area contributed by atoms with Crippen LogP contribution in [0.25, 0.3) is 11.1 Å². The Morgan fingerprint density at radius 2 is 1.70 bits per heavy atom. The first-order valence-electron chi connectivity index (χ1n) is 11.0. The van der Waals surface area contributed by atoms with Gasteiger partial charge in [-0.05, 0) is 55.5 Å². The Balaban J connectivity index is 1.49. The van der Waals surface area contributed by atoms with Crippen LogP contribution in [-0.4, -0.2) is 50.9 Å². The molecule has 2 N–H and O–H groups in total. The number of rotatable bonds is 5. The fourth-order valence-electron chi connectivity index (χ4n) is 4.41. The smallest absolute Gasteiger partial charge is 0.341 e. The molecule has 1 amide bonds. The molecule has 33 heavy (non-hydrogen) atoms. The molecule has 0 saturated carbocycles. The van der Waals surface area contributed by atoms with Crippen molar-refractivity contribution in [3.8, 4) is 11.1 Å². The Morgan fingerprint density at radius 1 is 1.00 bits per heavy atom. The summed E-state index contributed by atoms with van der Waals surface area (Å²) in [5.41, 5.74) is -0.348. The van der Waals surface area contributed by atoms with Crippen LogP contribution < -0.4 is 10.0 Å². The van der Waals surface area contributed by atoms with E-state index in [1.807, 2.05) is 0 Å². The summed E-state index contributed by atoms with van der Waals surface area (Å²) in [5, 5.41) is 3.15. The van der Waals surface area contributed by atoms with E-state index in [1.54, 1.807) is 35.2 Å². The summed E-state index contributed by atoms with van der Waals surface area (Å²) in [6.07, 6.45) is -2.41. The molecule has 4 rings (SSSR count). The minimum Gasteiger partial charge on any atom is -0.341 e. The Morgan fingerprint density at radius 3 is 2.30 bits per heavy atom. The molecule has 0 aromatic heterocycles. The molecule has 0 unspecified atom stereocenters. The number of alkyl halides is 3. The number of halogens is 3. The normalized spacial score (nSPS) is 20.2. The van der Waals surface area contributed by atoms with Crippen LogP contribution in [0.4, 0.5) is 13.2 Å². The number of hydrogen-bond donors (Lipinski definition) is 2. The van der Waals surface area contributed by atoms with Crippen molar-refractivity contribution in [3.63, 3.8) is 0 Å². The van der Waals surface area contributed by atoms with Crippen molar-refractivity contribution >= 4 is 15.9 Å². The van der Waals surface area contributed by atoms with Crippen LogP contribution in [0.5, 0.6) is 0 Å². The van der Waals surface area contributed by atoms with Gasteiger partial charge in [0, 0.05) is 19.1 Å². The predicted molar refractivity (Wildman–Crippen MR) is 118 cm³/mol. The maximum absolute atomic E-state index is 13.8. The summed E-state index contributed by atoms with van der Waals surface area (Å²) in [6.45, 7) is 1.53. The quantitative estimate of drug-likeness (QED) is 0.686. The molecular weight excluding hydrogens is 455 g/mol. The maximum Gasteiger partial charge on any atom is 0.417 e. The predicted octanol–water partition coefficient (Wildman–Crippen LogP) is 3.39. The van der Waals surface area contributed by atoms with Crippen LogP contribution in [0.1, 0.15) is 31.2 Å². The molecule has 10 heteroatoms. The lowest BCUT2D eigenvalue weighted by Gasteiger charge is -2.33. The molecule has 2 saturated heterocycles. The number of piperidine rings is 1. The number of likely N-dealkylation sites (tertiary alicyclic amines) is 1. The van der Waals surface area contributed by atoms with Crippen molar-refractivity contribution in [1.82, 2.24) is 14.9 Å². The number of hydrogen-bond acceptors (Lipinski definition) is 4. The number of nitrogens with one attached hydrogen (secondary N) is 2. The van der Waals surface area contributed by atoms with Gasteiger partial charge in [-0.1, -0.05) is 36.4 Å². The topological polar surface area (TPSA) is 78.5 Å². The van der Waals surface area contributed by atoms with Gasteiger partial charge in [0.1, 0.15) is 0 Å². The van der Waals surface area contributed by atoms with Gasteiger partial charge in [0.25, 0.3) is 0 Å². The molecule has 2 fully saturated rings. The van der Waals surface area contributed by atoms with E-state index in [1.165, 1.54) is 6.07 Å². The largest absolute Gasteiger partial charge is 0.417 e. The Kier molecular flexibility index (Phi) is 6.78. The fraction of sp³-hybridized carbons (Fsp3) is 0.435. The van der Waals surface area contributed by atoms with Crippen LogP contribution in [-0.2, 0) is 21.0 Å². The number of carbonyl (C=O) groups excluding carboxylic acids is 1. The average molecular weight is 482 g/mol. The van der Waals surface area contributed by atoms with E-state index in [4.69, 9.17) is 0 Å². The molecule has 2 aliphatic heterocycles. The molecule has 178 valence electrons. The molecule has 1 atom stereocenters. The second kappa shape index (κ2) is 9.44. The Hall–Kier alpha value is -2.43. The zero-order valence-electron chi connectivity index (χ0n) is 17.9. The Bertz CT molecular complexity index is 1090. The number of sulfonamides is 1. The maximum atomic E-state index is 13.8. The van der Waals surface area contributed by atoms with E-state index in [0.717, 1.165) is 31.5 Å². The number of nitrogens with zero attached hydrogens (tertiary/aromatic N) is 1. The van der Waals surface area contributed by atoms with Crippen LogP contribution in [0.3, 0.4) is 0 Å². The average Bonchev–Trinajstić information content (AvgIpc) is 3.33. The Labute approximate surface area is 191 Å². The molecule has 2 aromatic carbocycles. The number of benzene rings is 2. The summed E-state index contributed by atoms with van der Waals surface area (Å²) in [4.78, 5) is 13.4. The van der Waals surface area contributed by atoms with Crippen molar-refractivity contribution in [2.24, 2.45) is 0 Å². The molecule has 2 heterocycles. The third kappa shape index (κ3) is 5.39. The van der Waals surface area contributed by atoms with Gasteiger partial charge in [0.2, 0.25) is 15.9 Å². The second-order valence-electron chi connectivity index (χ2n) is 8.44. The third-order valence-electron chi connectivity index (χ3n) is 6.17. The van der Waals surface area contributed by atoms with Crippen molar-refractivity contribution in [2.75, 3.05) is 19.6 Å². The van der Waals surface area contributed by atoms with Crippen LogP contribution in [0, 0.1) is 0 Å². The number of amides is 1. The second-order valence-corrected chi connectivity index (χ2v) is 10.1. The first-order valence-corrected chi connectivity index (χ1v) is 12.4. The van der Waals surface area contributed by atoms with Gasteiger partial charge < -0.3 is 10.2 Å². The van der Waals surface area contributed by atoms with Gasteiger partial charge >= 0.3 is 6.18 Å². The molecule has 0 spiro atoms. The lowest BCUT2D eigenvalue weighted by atomic mass is 10.0. The van der Waals surface area contributed by atoms with E-state index in [9.17, 15) is 26.4 Å². The van der Waals surface area contributed by atoms with Crippen molar-refractivity contribution in [1.29, 1.82) is 0 Å². The zero-order chi connectivity index (χ0) is 23.6. The van der Waals surface area contributed by atoms with Gasteiger partial charge in [0.15, 0.2) is 0 Å². The van der Waals surface area contributed by atoms with Gasteiger partial charge in [-0.15, -0.1) is 0 Å². The first kappa shape index (κ1) is 23.7. The molecule has 0 radical (unpaired) electrons. The molecular formula is C23H26F3N3O3S. The fourth-order valence-corrected chi connectivity index (χ4v) is 5.93. The summed E-state index contributed by atoms with van der Waals surface area (Å²) >= 11 is 0. The lowest BCUT2D eigenvalue weighted by Crippen LogP contribution is -2.50.